The van der Waals surface area contributed by atoms with E-state index in [4.69, 9.17) is 0 Å². The molecule has 0 unspecified atom stereocenters. The van der Waals surface area contributed by atoms with Gasteiger partial charge in [-0.15, -0.1) is 0 Å². The van der Waals surface area contributed by atoms with Crippen LogP contribution in [0, 0.1) is 0 Å². The Hall–Kier alpha value is -1.43. The van der Waals surface area contributed by atoms with Crippen LogP contribution >= 0.6 is 22.6 Å². The third-order valence-electron chi connectivity index (χ3n) is 3.23. The molecule has 4 heteroatoms. The van der Waals surface area contributed by atoms with Gasteiger partial charge in [0.05, 0.1) is 21.0 Å². The Labute approximate surface area is 125 Å². The average Bonchev–Trinajstić information content (AvgIpc) is 2.44. The van der Waals surface area contributed by atoms with E-state index in [9.17, 15) is 4.79 Å². The second-order valence-electron chi connectivity index (χ2n) is 4.61. The zero-order valence-electron chi connectivity index (χ0n) is 10.3. The van der Waals surface area contributed by atoms with Crippen molar-refractivity contribution in [2.24, 2.45) is 0 Å². The molecule has 0 atom stereocenters. The maximum absolute atomic E-state index is 11.7. The topological polar surface area (TPSA) is 42.0 Å². The van der Waals surface area contributed by atoms with Crippen LogP contribution in [0.1, 0.15) is 19.3 Å². The molecule has 96 valence electrons. The monoisotopic (exact) mass is 364 g/mol. The summed E-state index contributed by atoms with van der Waals surface area (Å²) >= 11 is 2.14. The lowest BCUT2D eigenvalue weighted by Gasteiger charge is -2.17. The number of allylic oxidation sites excluding steroid dienone is 2. The molecule has 0 amide bonds. The van der Waals surface area contributed by atoms with Crippen LogP contribution in [-0.4, -0.2) is 10.8 Å². The molecule has 1 aromatic carbocycles. The molecule has 1 aromatic heterocycles. The van der Waals surface area contributed by atoms with Gasteiger partial charge in [-0.05, 0) is 47.6 Å². The number of anilines is 1. The largest absolute Gasteiger partial charge is 0.357 e. The number of aromatic nitrogens is 1. The SMILES string of the molecule is O=C1CCCC(Nc2cnc3ccccc3c2)=C1I. The van der Waals surface area contributed by atoms with Crippen LogP contribution in [0.4, 0.5) is 5.69 Å². The van der Waals surface area contributed by atoms with Crippen molar-refractivity contribution >= 4 is 45.0 Å². The summed E-state index contributed by atoms with van der Waals surface area (Å²) in [5.41, 5.74) is 2.95. The number of hydrogen-bond acceptors (Lipinski definition) is 3. The predicted octanol–water partition coefficient (Wildman–Crippen LogP) is 4.05. The normalized spacial score (nSPS) is 15.9. The number of para-hydroxylation sites is 1. The van der Waals surface area contributed by atoms with Gasteiger partial charge in [0.15, 0.2) is 5.78 Å². The van der Waals surface area contributed by atoms with Crippen LogP contribution in [0.25, 0.3) is 10.9 Å². The molecule has 0 bridgehead atoms. The molecule has 0 fully saturated rings. The van der Waals surface area contributed by atoms with E-state index < -0.39 is 0 Å². The van der Waals surface area contributed by atoms with Crippen LogP contribution in [0.15, 0.2) is 45.8 Å². The molecule has 0 saturated heterocycles. The fourth-order valence-corrected chi connectivity index (χ4v) is 2.92. The molecule has 0 saturated carbocycles. The Balaban J connectivity index is 1.93. The van der Waals surface area contributed by atoms with Gasteiger partial charge >= 0.3 is 0 Å². The third kappa shape index (κ3) is 2.63. The molecule has 1 N–H and O–H groups in total. The summed E-state index contributed by atoms with van der Waals surface area (Å²) in [5, 5.41) is 4.44. The molecule has 3 rings (SSSR count). The summed E-state index contributed by atoms with van der Waals surface area (Å²) < 4.78 is 0.831. The lowest BCUT2D eigenvalue weighted by Crippen LogP contribution is -2.13. The fraction of sp³-hybridized carbons (Fsp3) is 0.200. The summed E-state index contributed by atoms with van der Waals surface area (Å²) in [6.45, 7) is 0. The van der Waals surface area contributed by atoms with Crippen LogP contribution in [0.5, 0.6) is 0 Å². The number of halogens is 1. The number of benzene rings is 1. The number of nitrogens with zero attached hydrogens (tertiary/aromatic N) is 1. The number of pyridine rings is 1. The highest BCUT2D eigenvalue weighted by Gasteiger charge is 2.18. The van der Waals surface area contributed by atoms with Gasteiger partial charge in [-0.1, -0.05) is 18.2 Å². The molecule has 1 heterocycles. The first kappa shape index (κ1) is 12.6. The summed E-state index contributed by atoms with van der Waals surface area (Å²) in [7, 11) is 0. The van der Waals surface area contributed by atoms with Crippen molar-refractivity contribution < 1.29 is 4.79 Å². The quantitative estimate of drug-likeness (QED) is 0.818. The number of hydrogen-bond donors (Lipinski definition) is 1. The molecule has 1 aliphatic rings. The first-order chi connectivity index (χ1) is 9.24. The molecule has 19 heavy (non-hydrogen) atoms. The molecule has 0 spiro atoms. The van der Waals surface area contributed by atoms with Crippen LogP contribution in [0.3, 0.4) is 0 Å². The summed E-state index contributed by atoms with van der Waals surface area (Å²) in [6.07, 6.45) is 4.34. The number of Topliss-reactive ketones (excluding diaryl/α,β-unsaturated/α-hetero) is 1. The van der Waals surface area contributed by atoms with Gasteiger partial charge in [0, 0.05) is 17.5 Å². The van der Waals surface area contributed by atoms with Crippen LogP contribution < -0.4 is 5.32 Å². The minimum absolute atomic E-state index is 0.239. The number of rotatable bonds is 2. The van der Waals surface area contributed by atoms with E-state index in [1.54, 1.807) is 0 Å². The van der Waals surface area contributed by atoms with Gasteiger partial charge in [0.2, 0.25) is 0 Å². The van der Waals surface area contributed by atoms with Gasteiger partial charge in [-0.25, -0.2) is 0 Å². The highest BCUT2D eigenvalue weighted by Crippen LogP contribution is 2.28. The van der Waals surface area contributed by atoms with Crippen LogP contribution in [0.2, 0.25) is 0 Å². The molecule has 1 aliphatic carbocycles. The molecule has 0 radical (unpaired) electrons. The lowest BCUT2D eigenvalue weighted by molar-refractivity contribution is -0.115. The van der Waals surface area contributed by atoms with Crippen molar-refractivity contribution in [2.75, 3.05) is 5.32 Å². The van der Waals surface area contributed by atoms with Gasteiger partial charge in [0.1, 0.15) is 0 Å². The number of carbonyl (C=O) groups excluding carboxylic acids is 1. The Morgan fingerprint density at radius 3 is 2.95 bits per heavy atom. The van der Waals surface area contributed by atoms with Crippen molar-refractivity contribution in [3.63, 3.8) is 0 Å². The van der Waals surface area contributed by atoms with Gasteiger partial charge < -0.3 is 5.32 Å². The van der Waals surface area contributed by atoms with E-state index >= 15 is 0 Å². The number of ketones is 1. The number of nitrogens with one attached hydrogen (secondary N) is 1. The van der Waals surface area contributed by atoms with Crippen molar-refractivity contribution in [2.45, 2.75) is 19.3 Å². The standard InChI is InChI=1S/C15H13IN2O/c16-15-13(6-3-7-14(15)19)18-11-8-10-4-1-2-5-12(10)17-9-11/h1-2,4-5,8-9,18H,3,6-7H2. The van der Waals surface area contributed by atoms with Gasteiger partial charge in [0.25, 0.3) is 0 Å². The fourth-order valence-electron chi connectivity index (χ4n) is 2.24. The highest BCUT2D eigenvalue weighted by molar-refractivity contribution is 14.1. The maximum Gasteiger partial charge on any atom is 0.170 e. The van der Waals surface area contributed by atoms with E-state index in [0.717, 1.165) is 38.7 Å². The van der Waals surface area contributed by atoms with Gasteiger partial charge in [-0.3, -0.25) is 9.78 Å². The van der Waals surface area contributed by atoms with E-state index in [1.807, 2.05) is 30.5 Å². The maximum atomic E-state index is 11.7. The Kier molecular flexibility index (Phi) is 3.50. The second kappa shape index (κ2) is 5.28. The van der Waals surface area contributed by atoms with Crippen molar-refractivity contribution in [1.82, 2.24) is 4.98 Å². The Morgan fingerprint density at radius 2 is 2.05 bits per heavy atom. The zero-order valence-corrected chi connectivity index (χ0v) is 12.5. The molecular formula is C15H13IN2O. The zero-order chi connectivity index (χ0) is 13.2. The molecule has 0 aliphatic heterocycles. The minimum atomic E-state index is 0.239. The first-order valence-electron chi connectivity index (χ1n) is 6.28. The average molecular weight is 364 g/mol. The van der Waals surface area contributed by atoms with Crippen molar-refractivity contribution in [3.8, 4) is 0 Å². The summed E-state index contributed by atoms with van der Waals surface area (Å²) in [6, 6.07) is 10.1. The summed E-state index contributed by atoms with van der Waals surface area (Å²) in [5.74, 6) is 0.239. The number of carbonyl (C=O) groups is 1. The second-order valence-corrected chi connectivity index (χ2v) is 5.69. The van der Waals surface area contributed by atoms with Crippen molar-refractivity contribution in [3.05, 3.63) is 45.8 Å². The van der Waals surface area contributed by atoms with Crippen LogP contribution in [-0.2, 0) is 4.79 Å². The molecular weight excluding hydrogens is 351 g/mol. The van der Waals surface area contributed by atoms with Crippen molar-refractivity contribution in [1.29, 1.82) is 0 Å². The third-order valence-corrected chi connectivity index (χ3v) is 4.48. The smallest absolute Gasteiger partial charge is 0.170 e. The van der Waals surface area contributed by atoms with E-state index in [0.29, 0.717) is 6.42 Å². The highest BCUT2D eigenvalue weighted by atomic mass is 127. The molecule has 3 nitrogen and oxygen atoms in total. The number of fused-ring (bicyclic) bond motifs is 1. The van der Waals surface area contributed by atoms with E-state index in [-0.39, 0.29) is 5.78 Å². The molecule has 2 aromatic rings. The van der Waals surface area contributed by atoms with E-state index in [1.165, 1.54) is 0 Å². The lowest BCUT2D eigenvalue weighted by atomic mass is 10.0. The summed E-state index contributed by atoms with van der Waals surface area (Å²) in [4.78, 5) is 16.1. The Morgan fingerprint density at radius 1 is 1.21 bits per heavy atom. The minimum Gasteiger partial charge on any atom is -0.357 e. The Bertz CT molecular complexity index is 679. The van der Waals surface area contributed by atoms with Gasteiger partial charge in [-0.2, -0.15) is 0 Å². The van der Waals surface area contributed by atoms with E-state index in [2.05, 4.69) is 39.0 Å². The first-order valence-corrected chi connectivity index (χ1v) is 7.35. The predicted molar refractivity (Wildman–Crippen MR) is 85.3 cm³/mol.